The molecule has 0 aliphatic rings. The van der Waals surface area contributed by atoms with Crippen LogP contribution in [-0.4, -0.2) is 19.3 Å². The van der Waals surface area contributed by atoms with E-state index in [1.807, 2.05) is 42.1 Å². The molecule has 0 spiro atoms. The topological polar surface area (TPSA) is 20.2 Å². The Morgan fingerprint density at radius 2 is 1.45 bits per heavy atom. The van der Waals surface area contributed by atoms with Gasteiger partial charge in [0.2, 0.25) is 8.07 Å². The van der Waals surface area contributed by atoms with Crippen molar-refractivity contribution in [3.8, 4) is 11.5 Å². The van der Waals surface area contributed by atoms with Gasteiger partial charge in [-0.2, -0.15) is 0 Å². The minimum atomic E-state index is -2.34. The number of aliphatic hydroxyl groups excluding tert-OH is 1. The van der Waals surface area contributed by atoms with E-state index in [9.17, 15) is 5.11 Å². The largest absolute Gasteiger partial charge is 0.381 e. The second-order valence-corrected chi connectivity index (χ2v) is 8.12. The van der Waals surface area contributed by atoms with Crippen LogP contribution in [0.15, 0.2) is 72.9 Å². The highest BCUT2D eigenvalue weighted by Gasteiger charge is 2.32. The number of benzene rings is 2. The monoisotopic (exact) mass is 278 g/mol. The van der Waals surface area contributed by atoms with Gasteiger partial charge < -0.3 is 5.11 Å². The van der Waals surface area contributed by atoms with Gasteiger partial charge in [0.05, 0.1) is 0 Å². The summed E-state index contributed by atoms with van der Waals surface area (Å²) in [6.45, 7) is 5.73. The average molecular weight is 278 g/mol. The van der Waals surface area contributed by atoms with Crippen LogP contribution in [0.25, 0.3) is 0 Å². The van der Waals surface area contributed by atoms with Gasteiger partial charge in [-0.25, -0.2) is 0 Å². The number of rotatable bonds is 3. The molecule has 0 aliphatic carbocycles. The Morgan fingerprint density at radius 1 is 1.00 bits per heavy atom. The summed E-state index contributed by atoms with van der Waals surface area (Å²) in [5.41, 5.74) is 5.32. The lowest BCUT2D eigenvalue weighted by Crippen LogP contribution is -2.56. The summed E-state index contributed by atoms with van der Waals surface area (Å²) in [5.74, 6) is 2.93. The van der Waals surface area contributed by atoms with Gasteiger partial charge in [-0.15, -0.1) is 12.1 Å². The van der Waals surface area contributed by atoms with Gasteiger partial charge in [0.25, 0.3) is 0 Å². The van der Waals surface area contributed by atoms with E-state index in [1.165, 1.54) is 10.4 Å². The van der Waals surface area contributed by atoms with Crippen LogP contribution in [-0.2, 0) is 0 Å². The van der Waals surface area contributed by atoms with Crippen LogP contribution in [0.4, 0.5) is 0 Å². The lowest BCUT2D eigenvalue weighted by Gasteiger charge is -2.23. The Bertz CT molecular complexity index is 581. The summed E-state index contributed by atoms with van der Waals surface area (Å²) >= 11 is 0. The average Bonchev–Trinajstić information content (AvgIpc) is 2.50. The molecule has 2 heteroatoms. The predicted molar refractivity (Wildman–Crippen MR) is 87.6 cm³/mol. The quantitative estimate of drug-likeness (QED) is 0.671. The maximum absolute atomic E-state index is 9.52. The molecule has 1 atom stereocenters. The van der Waals surface area contributed by atoms with E-state index in [0.717, 1.165) is 0 Å². The predicted octanol–water partition coefficient (Wildman–Crippen LogP) is 1.90. The van der Waals surface area contributed by atoms with Crippen LogP contribution < -0.4 is 10.4 Å². The Kier molecular flexibility index (Phi) is 4.57. The summed E-state index contributed by atoms with van der Waals surface area (Å²) in [7, 11) is -2.34. The first-order chi connectivity index (χ1) is 9.69. The normalized spacial score (nSPS) is 12.1. The molecule has 0 radical (unpaired) electrons. The minimum Gasteiger partial charge on any atom is -0.381 e. The van der Waals surface area contributed by atoms with Crippen molar-refractivity contribution >= 4 is 18.4 Å². The SMILES string of the molecule is C=C[Si](C#CC(C)O)(c1ccccc1)c1ccccc1. The Hall–Kier alpha value is -2.08. The van der Waals surface area contributed by atoms with Gasteiger partial charge in [-0.1, -0.05) is 72.3 Å². The van der Waals surface area contributed by atoms with Crippen LogP contribution in [0.1, 0.15) is 6.92 Å². The van der Waals surface area contributed by atoms with Crippen LogP contribution in [0.2, 0.25) is 0 Å². The molecule has 1 N–H and O–H groups in total. The molecule has 0 aromatic heterocycles. The zero-order chi connectivity index (χ0) is 14.4. The van der Waals surface area contributed by atoms with E-state index < -0.39 is 14.2 Å². The van der Waals surface area contributed by atoms with Crippen LogP contribution in [0, 0.1) is 11.5 Å². The van der Waals surface area contributed by atoms with E-state index in [2.05, 4.69) is 42.3 Å². The van der Waals surface area contributed by atoms with E-state index >= 15 is 0 Å². The molecule has 0 bridgehead atoms. The van der Waals surface area contributed by atoms with Gasteiger partial charge in [0.15, 0.2) is 0 Å². The van der Waals surface area contributed by atoms with Crippen molar-refractivity contribution in [2.24, 2.45) is 0 Å². The summed E-state index contributed by atoms with van der Waals surface area (Å²) < 4.78 is 0. The zero-order valence-corrected chi connectivity index (χ0v) is 12.6. The molecule has 1 nitrogen and oxygen atoms in total. The lowest BCUT2D eigenvalue weighted by atomic mass is 10.4. The van der Waals surface area contributed by atoms with Crippen molar-refractivity contribution < 1.29 is 5.11 Å². The lowest BCUT2D eigenvalue weighted by molar-refractivity contribution is 0.253. The van der Waals surface area contributed by atoms with Crippen molar-refractivity contribution in [2.45, 2.75) is 13.0 Å². The Morgan fingerprint density at radius 3 is 1.80 bits per heavy atom. The molecule has 1 unspecified atom stereocenters. The third-order valence-electron chi connectivity index (χ3n) is 3.24. The van der Waals surface area contributed by atoms with Gasteiger partial charge in [-0.3, -0.25) is 0 Å². The van der Waals surface area contributed by atoms with E-state index in [4.69, 9.17) is 0 Å². The first-order valence-corrected chi connectivity index (χ1v) is 8.72. The molecule has 0 amide bonds. The number of hydrogen-bond acceptors (Lipinski definition) is 1. The van der Waals surface area contributed by atoms with E-state index in [1.54, 1.807) is 6.92 Å². The van der Waals surface area contributed by atoms with Crippen molar-refractivity contribution in [3.05, 3.63) is 72.9 Å². The van der Waals surface area contributed by atoms with Crippen molar-refractivity contribution in [1.29, 1.82) is 0 Å². The minimum absolute atomic E-state index is 0.630. The van der Waals surface area contributed by atoms with Gasteiger partial charge >= 0.3 is 0 Å². The Labute approximate surface area is 121 Å². The molecule has 2 rings (SSSR count). The molecular weight excluding hydrogens is 260 g/mol. The van der Waals surface area contributed by atoms with Crippen molar-refractivity contribution in [3.63, 3.8) is 0 Å². The number of hydrogen-bond donors (Lipinski definition) is 1. The first-order valence-electron chi connectivity index (χ1n) is 6.64. The molecule has 0 fully saturated rings. The fourth-order valence-electron chi connectivity index (χ4n) is 2.22. The molecule has 0 saturated heterocycles. The van der Waals surface area contributed by atoms with Crippen molar-refractivity contribution in [2.75, 3.05) is 0 Å². The highest BCUT2D eigenvalue weighted by atomic mass is 28.3. The molecule has 100 valence electrons. The zero-order valence-electron chi connectivity index (χ0n) is 11.6. The van der Waals surface area contributed by atoms with Gasteiger partial charge in [0, 0.05) is 0 Å². The summed E-state index contributed by atoms with van der Waals surface area (Å²) in [6.07, 6.45) is -0.630. The molecule has 2 aromatic carbocycles. The summed E-state index contributed by atoms with van der Waals surface area (Å²) in [4.78, 5) is 0. The van der Waals surface area contributed by atoms with Crippen molar-refractivity contribution in [1.82, 2.24) is 0 Å². The maximum atomic E-state index is 9.52. The molecule has 0 saturated carbocycles. The molecule has 0 aliphatic heterocycles. The maximum Gasteiger partial charge on any atom is 0.222 e. The smallest absolute Gasteiger partial charge is 0.222 e. The second-order valence-electron chi connectivity index (χ2n) is 4.69. The molecule has 20 heavy (non-hydrogen) atoms. The van der Waals surface area contributed by atoms with Gasteiger partial charge in [-0.05, 0) is 17.3 Å². The molecule has 0 heterocycles. The molecular formula is C18H18OSi. The highest BCUT2D eigenvalue weighted by Crippen LogP contribution is 2.06. The first kappa shape index (κ1) is 14.3. The Balaban J connectivity index is 2.66. The van der Waals surface area contributed by atoms with E-state index in [0.29, 0.717) is 0 Å². The van der Waals surface area contributed by atoms with Crippen LogP contribution in [0.5, 0.6) is 0 Å². The fraction of sp³-hybridized carbons (Fsp3) is 0.111. The standard InChI is InChI=1S/C18H18OSi/c1-3-20(15-14-16(2)19,17-10-6-4-7-11-17)18-12-8-5-9-13-18/h3-13,16,19H,1H2,2H3. The van der Waals surface area contributed by atoms with Crippen LogP contribution >= 0.6 is 0 Å². The summed E-state index contributed by atoms with van der Waals surface area (Å²) in [5, 5.41) is 11.9. The molecule has 2 aromatic rings. The fourth-order valence-corrected chi connectivity index (χ4v) is 5.29. The third kappa shape index (κ3) is 2.90. The summed E-state index contributed by atoms with van der Waals surface area (Å²) in [6, 6.07) is 20.5. The van der Waals surface area contributed by atoms with Gasteiger partial charge in [0.1, 0.15) is 6.10 Å². The van der Waals surface area contributed by atoms with E-state index in [-0.39, 0.29) is 0 Å². The highest BCUT2D eigenvalue weighted by molar-refractivity contribution is 7.11. The second kappa shape index (κ2) is 6.38. The third-order valence-corrected chi connectivity index (χ3v) is 6.88. The number of aliphatic hydroxyl groups is 1. The van der Waals surface area contributed by atoms with Crippen LogP contribution in [0.3, 0.4) is 0 Å².